The molecule has 0 bridgehead atoms. The molecule has 63 heavy (non-hydrogen) atoms. The first kappa shape index (κ1) is 36.9. The summed E-state index contributed by atoms with van der Waals surface area (Å²) < 4.78 is 0. The molecule has 0 spiro atoms. The summed E-state index contributed by atoms with van der Waals surface area (Å²) in [6.45, 7) is 4.68. The van der Waals surface area contributed by atoms with E-state index in [4.69, 9.17) is 9.97 Å². The van der Waals surface area contributed by atoms with E-state index in [0.717, 1.165) is 44.8 Å². The van der Waals surface area contributed by atoms with Gasteiger partial charge >= 0.3 is 0 Å². The summed E-state index contributed by atoms with van der Waals surface area (Å²) in [4.78, 5) is 10.7. The van der Waals surface area contributed by atoms with Gasteiger partial charge in [0.05, 0.1) is 11.4 Å². The van der Waals surface area contributed by atoms with Crippen LogP contribution in [0.2, 0.25) is 0 Å². The van der Waals surface area contributed by atoms with Crippen LogP contribution in [0.4, 0.5) is 0 Å². The molecule has 1 aliphatic carbocycles. The lowest BCUT2D eigenvalue weighted by molar-refractivity contribution is 0.660. The van der Waals surface area contributed by atoms with Gasteiger partial charge in [-0.15, -0.1) is 0 Å². The number of hydrogen-bond acceptors (Lipinski definition) is 2. The highest BCUT2D eigenvalue weighted by Gasteiger charge is 2.35. The van der Waals surface area contributed by atoms with Gasteiger partial charge in [-0.1, -0.05) is 202 Å². The molecule has 0 saturated carbocycles. The van der Waals surface area contributed by atoms with E-state index in [1.807, 2.05) is 0 Å². The third-order valence-corrected chi connectivity index (χ3v) is 13.3. The highest BCUT2D eigenvalue weighted by atomic mass is 14.9. The SMILES string of the molecule is CC1(C)c2ccccc2-c2ccc(-c3cccc(-c4cc(-c5cccc(-c6ccccc6)c5)nc(-c5ccc(-c6c7ccccc7cc7c6ccc6ccccc67)cc5)n4)c3)cc21. The highest BCUT2D eigenvalue weighted by molar-refractivity contribution is 6.20. The van der Waals surface area contributed by atoms with Gasteiger partial charge in [0.15, 0.2) is 5.82 Å². The van der Waals surface area contributed by atoms with Crippen LogP contribution < -0.4 is 0 Å². The molecule has 0 atom stereocenters. The van der Waals surface area contributed by atoms with Crippen LogP contribution >= 0.6 is 0 Å². The third-order valence-electron chi connectivity index (χ3n) is 13.3. The zero-order valence-electron chi connectivity index (χ0n) is 35.2. The van der Waals surface area contributed by atoms with Crippen molar-refractivity contribution in [3.63, 3.8) is 0 Å². The average molecular weight is 803 g/mol. The molecule has 0 radical (unpaired) electrons. The van der Waals surface area contributed by atoms with Crippen LogP contribution in [0.15, 0.2) is 218 Å². The molecule has 2 nitrogen and oxygen atoms in total. The molecule has 1 heterocycles. The van der Waals surface area contributed by atoms with Crippen molar-refractivity contribution in [2.75, 3.05) is 0 Å². The summed E-state index contributed by atoms with van der Waals surface area (Å²) in [7, 11) is 0. The Hall–Kier alpha value is -7.94. The van der Waals surface area contributed by atoms with Gasteiger partial charge in [0.25, 0.3) is 0 Å². The molecule has 0 N–H and O–H groups in total. The topological polar surface area (TPSA) is 25.8 Å². The van der Waals surface area contributed by atoms with Gasteiger partial charge in [-0.05, 0) is 118 Å². The molecular weight excluding hydrogens is 761 g/mol. The Morgan fingerprint density at radius 1 is 0.302 bits per heavy atom. The van der Waals surface area contributed by atoms with Gasteiger partial charge in [-0.3, -0.25) is 0 Å². The minimum atomic E-state index is -0.0745. The molecule has 11 aromatic rings. The zero-order chi connectivity index (χ0) is 42.1. The molecule has 0 aliphatic heterocycles. The number of fused-ring (bicyclic) bond motifs is 7. The van der Waals surface area contributed by atoms with Gasteiger partial charge in [0.2, 0.25) is 0 Å². The van der Waals surface area contributed by atoms with E-state index in [-0.39, 0.29) is 5.41 Å². The molecule has 2 heteroatoms. The van der Waals surface area contributed by atoms with Crippen molar-refractivity contribution >= 4 is 32.3 Å². The fourth-order valence-corrected chi connectivity index (χ4v) is 10.0. The first-order valence-corrected chi connectivity index (χ1v) is 21.8. The standard InChI is InChI=1S/C61H42N2/c1-61(2)55-25-11-10-24-51(55)52-32-31-45(37-56(52)61)44-19-13-21-48(35-44)58-38-57(47-20-12-18-43(34-47)39-14-4-3-5-15-39)62-60(63-58)42-28-26-41(27-29-42)59-50-23-9-7-17-46(50)36-54-49-22-8-6-16-40(49)30-33-53(54)59/h3-38H,1-2H3. The second-order valence-electron chi connectivity index (χ2n) is 17.4. The highest BCUT2D eigenvalue weighted by Crippen LogP contribution is 2.50. The number of aromatic nitrogens is 2. The fourth-order valence-electron chi connectivity index (χ4n) is 10.0. The van der Waals surface area contributed by atoms with Crippen molar-refractivity contribution in [1.29, 1.82) is 0 Å². The summed E-state index contributed by atoms with van der Waals surface area (Å²) in [5, 5.41) is 7.49. The van der Waals surface area contributed by atoms with Gasteiger partial charge in [0, 0.05) is 22.1 Å². The Bertz CT molecular complexity index is 3580. The van der Waals surface area contributed by atoms with Gasteiger partial charge < -0.3 is 0 Å². The Morgan fingerprint density at radius 2 is 0.857 bits per heavy atom. The van der Waals surface area contributed by atoms with Crippen molar-refractivity contribution in [3.8, 4) is 78.4 Å². The molecule has 0 amide bonds. The van der Waals surface area contributed by atoms with E-state index in [2.05, 4.69) is 232 Å². The minimum Gasteiger partial charge on any atom is -0.228 e. The average Bonchev–Trinajstić information content (AvgIpc) is 3.58. The maximum atomic E-state index is 5.35. The molecule has 296 valence electrons. The molecule has 1 aromatic heterocycles. The van der Waals surface area contributed by atoms with E-state index < -0.39 is 0 Å². The summed E-state index contributed by atoms with van der Waals surface area (Å²) in [5.74, 6) is 0.690. The van der Waals surface area contributed by atoms with E-state index in [0.29, 0.717) is 5.82 Å². The van der Waals surface area contributed by atoms with Crippen molar-refractivity contribution in [1.82, 2.24) is 9.97 Å². The monoisotopic (exact) mass is 802 g/mol. The second-order valence-corrected chi connectivity index (χ2v) is 17.4. The van der Waals surface area contributed by atoms with Crippen LogP contribution in [0.3, 0.4) is 0 Å². The molecule has 12 rings (SSSR count). The van der Waals surface area contributed by atoms with Crippen LogP contribution in [0.25, 0.3) is 111 Å². The Kier molecular flexibility index (Phi) is 8.55. The predicted octanol–water partition coefficient (Wildman–Crippen LogP) is 16.2. The largest absolute Gasteiger partial charge is 0.228 e. The van der Waals surface area contributed by atoms with E-state index in [1.54, 1.807) is 0 Å². The van der Waals surface area contributed by atoms with Gasteiger partial charge in [-0.2, -0.15) is 0 Å². The Morgan fingerprint density at radius 3 is 1.62 bits per heavy atom. The normalized spacial score (nSPS) is 12.7. The first-order valence-electron chi connectivity index (χ1n) is 21.8. The number of hydrogen-bond donors (Lipinski definition) is 0. The molecule has 0 saturated heterocycles. The van der Waals surface area contributed by atoms with Crippen molar-refractivity contribution in [3.05, 3.63) is 230 Å². The molecule has 1 aliphatic rings. The quantitative estimate of drug-likeness (QED) is 0.124. The van der Waals surface area contributed by atoms with Crippen LogP contribution in [-0.4, -0.2) is 9.97 Å². The maximum Gasteiger partial charge on any atom is 0.160 e. The lowest BCUT2D eigenvalue weighted by Gasteiger charge is -2.22. The van der Waals surface area contributed by atoms with E-state index in [9.17, 15) is 0 Å². The summed E-state index contributed by atoms with van der Waals surface area (Å²) in [6.07, 6.45) is 0. The Labute approximate surface area is 367 Å². The Balaban J connectivity index is 0.985. The first-order chi connectivity index (χ1) is 31.0. The van der Waals surface area contributed by atoms with Crippen LogP contribution in [0.5, 0.6) is 0 Å². The molecule has 10 aromatic carbocycles. The predicted molar refractivity (Wildman–Crippen MR) is 265 cm³/mol. The summed E-state index contributed by atoms with van der Waals surface area (Å²) >= 11 is 0. The summed E-state index contributed by atoms with van der Waals surface area (Å²) in [5.41, 5.74) is 17.2. The van der Waals surface area contributed by atoms with Gasteiger partial charge in [-0.25, -0.2) is 9.97 Å². The number of rotatable bonds is 6. The molecule has 0 fully saturated rings. The van der Waals surface area contributed by atoms with Crippen LogP contribution in [-0.2, 0) is 5.41 Å². The van der Waals surface area contributed by atoms with E-state index >= 15 is 0 Å². The van der Waals surface area contributed by atoms with Crippen LogP contribution in [0.1, 0.15) is 25.0 Å². The number of benzene rings is 10. The minimum absolute atomic E-state index is 0.0745. The fraction of sp³-hybridized carbons (Fsp3) is 0.0492. The third kappa shape index (κ3) is 6.25. The smallest absolute Gasteiger partial charge is 0.160 e. The lowest BCUT2D eigenvalue weighted by atomic mass is 9.81. The zero-order valence-corrected chi connectivity index (χ0v) is 35.2. The van der Waals surface area contributed by atoms with Crippen molar-refractivity contribution < 1.29 is 0 Å². The second kappa shape index (κ2) is 14.6. The molecular formula is C61H42N2. The summed E-state index contributed by atoms with van der Waals surface area (Å²) in [6, 6.07) is 79.1. The van der Waals surface area contributed by atoms with E-state index in [1.165, 1.54) is 71.3 Å². The maximum absolute atomic E-state index is 5.35. The molecule has 0 unspecified atom stereocenters. The number of nitrogens with zero attached hydrogens (tertiary/aromatic N) is 2. The van der Waals surface area contributed by atoms with Crippen molar-refractivity contribution in [2.24, 2.45) is 0 Å². The lowest BCUT2D eigenvalue weighted by Crippen LogP contribution is -2.14. The van der Waals surface area contributed by atoms with Crippen LogP contribution in [0, 0.1) is 0 Å². The van der Waals surface area contributed by atoms with Gasteiger partial charge in [0.1, 0.15) is 0 Å². The van der Waals surface area contributed by atoms with Crippen molar-refractivity contribution in [2.45, 2.75) is 19.3 Å².